The molecule has 0 aliphatic carbocycles. The van der Waals surface area contributed by atoms with Crippen LogP contribution < -0.4 is 16.6 Å². The van der Waals surface area contributed by atoms with Gasteiger partial charge in [0, 0.05) is 5.69 Å². The molecule has 2 rings (SSSR count). The number of anilines is 2. The van der Waals surface area contributed by atoms with Crippen molar-refractivity contribution in [2.24, 2.45) is 5.84 Å². The van der Waals surface area contributed by atoms with Gasteiger partial charge in [-0.3, -0.25) is 10.2 Å². The van der Waals surface area contributed by atoms with Crippen LogP contribution in [0.5, 0.6) is 0 Å². The molecule has 2 aromatic rings. The highest BCUT2D eigenvalue weighted by molar-refractivity contribution is 6.00. The summed E-state index contributed by atoms with van der Waals surface area (Å²) in [4.78, 5) is 11.6. The summed E-state index contributed by atoms with van der Waals surface area (Å²) in [5, 5.41) is 3.24. The number of carbonyl (C=O) groups excluding carboxylic acids is 1. The molecule has 0 aromatic heterocycles. The summed E-state index contributed by atoms with van der Waals surface area (Å²) >= 11 is 0. The number of amides is 1. The first kappa shape index (κ1) is 12.1. The van der Waals surface area contributed by atoms with Crippen molar-refractivity contribution in [3.05, 3.63) is 59.7 Å². The molecule has 0 saturated heterocycles. The highest BCUT2D eigenvalue weighted by Crippen LogP contribution is 2.23. The second-order valence-electron chi connectivity index (χ2n) is 3.96. The van der Waals surface area contributed by atoms with E-state index >= 15 is 0 Å². The van der Waals surface area contributed by atoms with Gasteiger partial charge in [0.1, 0.15) is 0 Å². The van der Waals surface area contributed by atoms with Crippen molar-refractivity contribution in [1.29, 1.82) is 0 Å². The lowest BCUT2D eigenvalue weighted by molar-refractivity contribution is 0.0954. The largest absolute Gasteiger partial charge is 0.355 e. The molecule has 1 amide bonds. The van der Waals surface area contributed by atoms with Gasteiger partial charge in [0.2, 0.25) is 0 Å². The summed E-state index contributed by atoms with van der Waals surface area (Å²) in [5.41, 5.74) is 5.47. The molecular weight excluding hydrogens is 226 g/mol. The van der Waals surface area contributed by atoms with Crippen molar-refractivity contribution in [2.45, 2.75) is 6.92 Å². The van der Waals surface area contributed by atoms with Gasteiger partial charge >= 0.3 is 0 Å². The Hall–Kier alpha value is -2.33. The number of para-hydroxylation sites is 2. The molecule has 0 aliphatic rings. The van der Waals surface area contributed by atoms with Gasteiger partial charge in [0.15, 0.2) is 0 Å². The average Bonchev–Trinajstić information content (AvgIpc) is 2.41. The van der Waals surface area contributed by atoms with Crippen molar-refractivity contribution in [3.63, 3.8) is 0 Å². The van der Waals surface area contributed by atoms with E-state index in [0.29, 0.717) is 5.56 Å². The topological polar surface area (TPSA) is 67.2 Å². The van der Waals surface area contributed by atoms with Crippen LogP contribution >= 0.6 is 0 Å². The van der Waals surface area contributed by atoms with Crippen LogP contribution in [0.15, 0.2) is 48.5 Å². The lowest BCUT2D eigenvalue weighted by atomic mass is 10.1. The van der Waals surface area contributed by atoms with E-state index < -0.39 is 0 Å². The van der Waals surface area contributed by atoms with Crippen molar-refractivity contribution >= 4 is 17.3 Å². The molecule has 4 nitrogen and oxygen atoms in total. The quantitative estimate of drug-likeness (QED) is 0.439. The maximum atomic E-state index is 11.6. The number of carbonyl (C=O) groups is 1. The molecule has 92 valence electrons. The molecule has 18 heavy (non-hydrogen) atoms. The Morgan fingerprint density at radius 3 is 2.28 bits per heavy atom. The zero-order valence-corrected chi connectivity index (χ0v) is 10.1. The number of nitrogen functional groups attached to an aromatic ring is 1. The standard InChI is InChI=1S/C14H15N3O/c1-10-6-2-4-8-12(10)16-13-9-5-3-7-11(13)14(18)17-15/h2-9,16H,15H2,1H3,(H,17,18). The van der Waals surface area contributed by atoms with E-state index in [2.05, 4.69) is 10.7 Å². The number of rotatable bonds is 3. The van der Waals surface area contributed by atoms with Crippen molar-refractivity contribution in [2.75, 3.05) is 5.32 Å². The third-order valence-electron chi connectivity index (χ3n) is 2.72. The average molecular weight is 241 g/mol. The van der Waals surface area contributed by atoms with Gasteiger partial charge in [0.25, 0.3) is 5.91 Å². The Labute approximate surface area is 106 Å². The highest BCUT2D eigenvalue weighted by Gasteiger charge is 2.09. The highest BCUT2D eigenvalue weighted by atomic mass is 16.2. The van der Waals surface area contributed by atoms with Crippen LogP contribution in [0.4, 0.5) is 11.4 Å². The van der Waals surface area contributed by atoms with E-state index in [0.717, 1.165) is 16.9 Å². The molecule has 0 aliphatic heterocycles. The molecule has 0 atom stereocenters. The first-order valence-corrected chi connectivity index (χ1v) is 5.65. The number of benzene rings is 2. The number of hydrazine groups is 1. The molecule has 4 heteroatoms. The van der Waals surface area contributed by atoms with Crippen molar-refractivity contribution < 1.29 is 4.79 Å². The zero-order chi connectivity index (χ0) is 13.0. The van der Waals surface area contributed by atoms with Crippen LogP contribution in [-0.2, 0) is 0 Å². The van der Waals surface area contributed by atoms with Gasteiger partial charge in [-0.2, -0.15) is 0 Å². The van der Waals surface area contributed by atoms with E-state index in [4.69, 9.17) is 5.84 Å². The molecule has 0 bridgehead atoms. The molecule has 0 fully saturated rings. The Morgan fingerprint density at radius 1 is 1.00 bits per heavy atom. The van der Waals surface area contributed by atoms with Gasteiger partial charge in [0.05, 0.1) is 11.3 Å². The summed E-state index contributed by atoms with van der Waals surface area (Å²) in [6.07, 6.45) is 0. The monoisotopic (exact) mass is 241 g/mol. The van der Waals surface area contributed by atoms with Crippen LogP contribution in [0.25, 0.3) is 0 Å². The number of hydrogen-bond donors (Lipinski definition) is 3. The molecule has 2 aromatic carbocycles. The number of nitrogens with two attached hydrogens (primary N) is 1. The normalized spacial score (nSPS) is 9.89. The van der Waals surface area contributed by atoms with E-state index in [9.17, 15) is 4.79 Å². The van der Waals surface area contributed by atoms with Crippen LogP contribution in [0.3, 0.4) is 0 Å². The maximum Gasteiger partial charge on any atom is 0.267 e. The lowest BCUT2D eigenvalue weighted by Crippen LogP contribution is -2.30. The fourth-order valence-electron chi connectivity index (χ4n) is 1.73. The molecular formula is C14H15N3O. The van der Waals surface area contributed by atoms with Crippen molar-refractivity contribution in [1.82, 2.24) is 5.43 Å². The van der Waals surface area contributed by atoms with E-state index in [1.807, 2.05) is 43.3 Å². The summed E-state index contributed by atoms with van der Waals surface area (Å²) in [6, 6.07) is 15.1. The second kappa shape index (κ2) is 5.33. The predicted octanol–water partition coefficient (Wildman–Crippen LogP) is 2.34. The van der Waals surface area contributed by atoms with Gasteiger partial charge in [-0.05, 0) is 30.7 Å². The molecule has 0 unspecified atom stereocenters. The third-order valence-corrected chi connectivity index (χ3v) is 2.72. The van der Waals surface area contributed by atoms with Crippen LogP contribution in [-0.4, -0.2) is 5.91 Å². The van der Waals surface area contributed by atoms with Crippen LogP contribution in [0.1, 0.15) is 15.9 Å². The second-order valence-corrected chi connectivity index (χ2v) is 3.96. The van der Waals surface area contributed by atoms with Gasteiger partial charge in [-0.1, -0.05) is 30.3 Å². The molecule has 0 saturated carbocycles. The fourth-order valence-corrected chi connectivity index (χ4v) is 1.73. The van der Waals surface area contributed by atoms with E-state index in [-0.39, 0.29) is 5.91 Å². The van der Waals surface area contributed by atoms with Crippen LogP contribution in [0.2, 0.25) is 0 Å². The first-order valence-electron chi connectivity index (χ1n) is 5.65. The minimum atomic E-state index is -0.313. The smallest absolute Gasteiger partial charge is 0.267 e. The fraction of sp³-hybridized carbons (Fsp3) is 0.0714. The number of nitrogens with one attached hydrogen (secondary N) is 2. The summed E-state index contributed by atoms with van der Waals surface area (Å²) < 4.78 is 0. The molecule has 4 N–H and O–H groups in total. The van der Waals surface area contributed by atoms with Gasteiger partial charge < -0.3 is 5.32 Å². The number of aryl methyl sites for hydroxylation is 1. The summed E-state index contributed by atoms with van der Waals surface area (Å²) in [7, 11) is 0. The summed E-state index contributed by atoms with van der Waals surface area (Å²) in [5.74, 6) is 4.86. The lowest BCUT2D eigenvalue weighted by Gasteiger charge is -2.12. The Balaban J connectivity index is 2.35. The predicted molar refractivity (Wildman–Crippen MR) is 72.6 cm³/mol. The molecule has 0 radical (unpaired) electrons. The summed E-state index contributed by atoms with van der Waals surface area (Å²) in [6.45, 7) is 2.01. The van der Waals surface area contributed by atoms with E-state index in [1.165, 1.54) is 0 Å². The van der Waals surface area contributed by atoms with Crippen molar-refractivity contribution in [3.8, 4) is 0 Å². The minimum absolute atomic E-state index is 0.313. The first-order chi connectivity index (χ1) is 8.72. The number of hydrogen-bond acceptors (Lipinski definition) is 3. The molecule has 0 heterocycles. The third kappa shape index (κ3) is 2.49. The molecule has 0 spiro atoms. The zero-order valence-electron chi connectivity index (χ0n) is 10.1. The Morgan fingerprint density at radius 2 is 1.61 bits per heavy atom. The Kier molecular flexibility index (Phi) is 3.60. The van der Waals surface area contributed by atoms with Gasteiger partial charge in [-0.15, -0.1) is 0 Å². The van der Waals surface area contributed by atoms with Crippen LogP contribution in [0, 0.1) is 6.92 Å². The minimum Gasteiger partial charge on any atom is -0.355 e. The SMILES string of the molecule is Cc1ccccc1Nc1ccccc1C(=O)NN. The Bertz CT molecular complexity index is 566. The van der Waals surface area contributed by atoms with Gasteiger partial charge in [-0.25, -0.2) is 5.84 Å². The van der Waals surface area contributed by atoms with E-state index in [1.54, 1.807) is 12.1 Å². The maximum absolute atomic E-state index is 11.6.